The Morgan fingerprint density at radius 1 is 1.05 bits per heavy atom. The molecule has 0 aliphatic heterocycles. The number of halogens is 2. The van der Waals surface area contributed by atoms with E-state index in [0.717, 1.165) is 0 Å². The minimum atomic E-state index is -3.64. The summed E-state index contributed by atoms with van der Waals surface area (Å²) < 4.78 is 26.8. The Hall–Kier alpha value is -1.23. The molecule has 0 saturated carbocycles. The van der Waals surface area contributed by atoms with Crippen molar-refractivity contribution < 1.29 is 8.42 Å². The summed E-state index contributed by atoms with van der Waals surface area (Å²) in [7, 11) is -3.64. The summed E-state index contributed by atoms with van der Waals surface area (Å²) >= 11 is 11.7. The molecule has 3 nitrogen and oxygen atoms in total. The number of sulfonamides is 1. The van der Waals surface area contributed by atoms with Crippen molar-refractivity contribution in [1.29, 1.82) is 0 Å². The number of aryl methyl sites for hydroxylation is 1. The Bertz CT molecular complexity index is 714. The van der Waals surface area contributed by atoms with Crippen LogP contribution in [-0.4, -0.2) is 8.42 Å². The molecular formula is C13H11Cl2NO2S. The Kier molecular flexibility index (Phi) is 4.04. The molecule has 100 valence electrons. The van der Waals surface area contributed by atoms with Crippen LogP contribution in [0.2, 0.25) is 10.0 Å². The van der Waals surface area contributed by atoms with Gasteiger partial charge in [-0.3, -0.25) is 4.72 Å². The molecule has 0 aliphatic rings. The average molecular weight is 316 g/mol. The van der Waals surface area contributed by atoms with Gasteiger partial charge in [0.15, 0.2) is 0 Å². The zero-order valence-electron chi connectivity index (χ0n) is 10.0. The highest BCUT2D eigenvalue weighted by Crippen LogP contribution is 2.22. The Morgan fingerprint density at radius 2 is 1.79 bits per heavy atom. The molecule has 19 heavy (non-hydrogen) atoms. The van der Waals surface area contributed by atoms with Gasteiger partial charge in [0.25, 0.3) is 10.0 Å². The highest BCUT2D eigenvalue weighted by molar-refractivity contribution is 7.92. The molecule has 2 aromatic carbocycles. The Balaban J connectivity index is 2.35. The van der Waals surface area contributed by atoms with Crippen molar-refractivity contribution in [3.05, 3.63) is 58.1 Å². The number of anilines is 1. The van der Waals surface area contributed by atoms with Crippen molar-refractivity contribution in [2.75, 3.05) is 4.72 Å². The molecule has 2 rings (SSSR count). The van der Waals surface area contributed by atoms with Gasteiger partial charge >= 0.3 is 0 Å². The lowest BCUT2D eigenvalue weighted by molar-refractivity contribution is 0.601. The molecule has 0 heterocycles. The fraction of sp³-hybridized carbons (Fsp3) is 0.0769. The molecule has 0 fully saturated rings. The van der Waals surface area contributed by atoms with Crippen molar-refractivity contribution in [1.82, 2.24) is 0 Å². The van der Waals surface area contributed by atoms with Crippen molar-refractivity contribution in [3.8, 4) is 0 Å². The van der Waals surface area contributed by atoms with Gasteiger partial charge in [-0.1, -0.05) is 29.3 Å². The van der Waals surface area contributed by atoms with Crippen LogP contribution >= 0.6 is 23.2 Å². The van der Waals surface area contributed by atoms with E-state index in [1.165, 1.54) is 12.1 Å². The summed E-state index contributed by atoms with van der Waals surface area (Å²) in [4.78, 5) is 0.161. The van der Waals surface area contributed by atoms with Gasteiger partial charge in [0.2, 0.25) is 0 Å². The maximum absolute atomic E-state index is 12.2. The normalized spacial score (nSPS) is 11.3. The molecule has 0 spiro atoms. The second kappa shape index (κ2) is 5.41. The lowest BCUT2D eigenvalue weighted by Gasteiger charge is -2.09. The smallest absolute Gasteiger partial charge is 0.261 e. The molecule has 2 aromatic rings. The van der Waals surface area contributed by atoms with Gasteiger partial charge in [-0.15, -0.1) is 0 Å². The van der Waals surface area contributed by atoms with E-state index in [0.29, 0.717) is 21.3 Å². The number of benzene rings is 2. The van der Waals surface area contributed by atoms with Crippen molar-refractivity contribution in [3.63, 3.8) is 0 Å². The fourth-order valence-corrected chi connectivity index (χ4v) is 2.99. The number of nitrogens with one attached hydrogen (secondary N) is 1. The Labute approximate surface area is 122 Å². The SMILES string of the molecule is Cc1cc(S(=O)(=O)Nc2cccc(Cl)c2)ccc1Cl. The summed E-state index contributed by atoms with van der Waals surface area (Å²) in [5, 5.41) is 0.995. The second-order valence-electron chi connectivity index (χ2n) is 4.03. The third kappa shape index (κ3) is 3.41. The van der Waals surface area contributed by atoms with Crippen LogP contribution in [0.4, 0.5) is 5.69 Å². The van der Waals surface area contributed by atoms with Crippen LogP contribution in [0.1, 0.15) is 5.56 Å². The van der Waals surface area contributed by atoms with E-state index >= 15 is 0 Å². The summed E-state index contributed by atoms with van der Waals surface area (Å²) in [5.74, 6) is 0. The second-order valence-corrected chi connectivity index (χ2v) is 6.55. The number of rotatable bonds is 3. The molecule has 0 bridgehead atoms. The molecule has 0 radical (unpaired) electrons. The van der Waals surface area contributed by atoms with E-state index in [4.69, 9.17) is 23.2 Å². The largest absolute Gasteiger partial charge is 0.280 e. The number of hydrogen-bond donors (Lipinski definition) is 1. The van der Waals surface area contributed by atoms with Crippen LogP contribution in [-0.2, 0) is 10.0 Å². The maximum Gasteiger partial charge on any atom is 0.261 e. The fourth-order valence-electron chi connectivity index (χ4n) is 1.55. The van der Waals surface area contributed by atoms with Crippen LogP contribution in [0, 0.1) is 6.92 Å². The Morgan fingerprint density at radius 3 is 2.42 bits per heavy atom. The molecule has 1 N–H and O–H groups in total. The van der Waals surface area contributed by atoms with E-state index in [9.17, 15) is 8.42 Å². The van der Waals surface area contributed by atoms with Gasteiger partial charge in [-0.05, 0) is 48.9 Å². The van der Waals surface area contributed by atoms with Gasteiger partial charge in [0, 0.05) is 10.0 Å². The summed E-state index contributed by atoms with van der Waals surface area (Å²) in [5.41, 5.74) is 1.12. The highest BCUT2D eigenvalue weighted by Gasteiger charge is 2.15. The molecule has 0 aliphatic carbocycles. The predicted octanol–water partition coefficient (Wildman–Crippen LogP) is 4.10. The first-order valence-electron chi connectivity index (χ1n) is 5.43. The third-order valence-corrected chi connectivity index (χ3v) is 4.55. The minimum absolute atomic E-state index is 0.161. The number of hydrogen-bond acceptors (Lipinski definition) is 2. The minimum Gasteiger partial charge on any atom is -0.280 e. The van der Waals surface area contributed by atoms with E-state index in [1.54, 1.807) is 37.3 Å². The molecule has 0 aromatic heterocycles. The standard InChI is InChI=1S/C13H11Cl2NO2S/c1-9-7-12(5-6-13(9)15)19(17,18)16-11-4-2-3-10(14)8-11/h2-8,16H,1H3. The van der Waals surface area contributed by atoms with Crippen LogP contribution < -0.4 is 4.72 Å². The van der Waals surface area contributed by atoms with Crippen LogP contribution in [0.3, 0.4) is 0 Å². The van der Waals surface area contributed by atoms with E-state index in [1.807, 2.05) is 0 Å². The van der Waals surface area contributed by atoms with Crippen molar-refractivity contribution in [2.24, 2.45) is 0 Å². The topological polar surface area (TPSA) is 46.2 Å². The molecule has 6 heteroatoms. The quantitative estimate of drug-likeness (QED) is 0.926. The summed E-state index contributed by atoms with van der Waals surface area (Å²) in [6.07, 6.45) is 0. The van der Waals surface area contributed by atoms with Crippen molar-refractivity contribution in [2.45, 2.75) is 11.8 Å². The van der Waals surface area contributed by atoms with Gasteiger partial charge < -0.3 is 0 Å². The molecule has 0 saturated heterocycles. The van der Waals surface area contributed by atoms with E-state index in [2.05, 4.69) is 4.72 Å². The zero-order valence-corrected chi connectivity index (χ0v) is 12.4. The first kappa shape index (κ1) is 14.2. The monoisotopic (exact) mass is 315 g/mol. The van der Waals surface area contributed by atoms with Gasteiger partial charge in [0.1, 0.15) is 0 Å². The lowest BCUT2D eigenvalue weighted by Crippen LogP contribution is -2.13. The van der Waals surface area contributed by atoms with Crippen LogP contribution in [0.5, 0.6) is 0 Å². The average Bonchev–Trinajstić information content (AvgIpc) is 2.32. The first-order valence-corrected chi connectivity index (χ1v) is 7.67. The summed E-state index contributed by atoms with van der Waals surface area (Å²) in [6, 6.07) is 11.1. The first-order chi connectivity index (χ1) is 8.88. The molecule has 0 unspecified atom stereocenters. The van der Waals surface area contributed by atoms with E-state index < -0.39 is 10.0 Å². The predicted molar refractivity (Wildman–Crippen MR) is 78.4 cm³/mol. The zero-order chi connectivity index (χ0) is 14.0. The van der Waals surface area contributed by atoms with Crippen molar-refractivity contribution >= 4 is 38.9 Å². The molecule has 0 amide bonds. The van der Waals surface area contributed by atoms with E-state index in [-0.39, 0.29) is 4.90 Å². The van der Waals surface area contributed by atoms with Gasteiger partial charge in [0.05, 0.1) is 10.6 Å². The molecular weight excluding hydrogens is 305 g/mol. The highest BCUT2D eigenvalue weighted by atomic mass is 35.5. The third-order valence-electron chi connectivity index (χ3n) is 2.52. The summed E-state index contributed by atoms with van der Waals surface area (Å²) in [6.45, 7) is 1.75. The molecule has 0 atom stereocenters. The van der Waals surface area contributed by atoms with Crippen LogP contribution in [0.25, 0.3) is 0 Å². The van der Waals surface area contributed by atoms with Gasteiger partial charge in [-0.25, -0.2) is 8.42 Å². The van der Waals surface area contributed by atoms with Gasteiger partial charge in [-0.2, -0.15) is 0 Å². The lowest BCUT2D eigenvalue weighted by atomic mass is 10.2. The maximum atomic E-state index is 12.2. The van der Waals surface area contributed by atoms with Crippen LogP contribution in [0.15, 0.2) is 47.4 Å².